The van der Waals surface area contributed by atoms with Gasteiger partial charge in [-0.3, -0.25) is 9.36 Å². The fraction of sp³-hybridized carbons (Fsp3) is 0.579. The van der Waals surface area contributed by atoms with Gasteiger partial charge in [-0.05, 0) is 50.9 Å². The zero-order chi connectivity index (χ0) is 17.2. The maximum atomic E-state index is 12.7. The molecule has 0 radical (unpaired) electrons. The summed E-state index contributed by atoms with van der Waals surface area (Å²) in [6, 6.07) is 8.14. The first-order valence-electron chi connectivity index (χ1n) is 9.42. The van der Waals surface area contributed by atoms with Gasteiger partial charge in [0.05, 0.1) is 11.0 Å². The molecule has 2 fully saturated rings. The first kappa shape index (κ1) is 16.4. The van der Waals surface area contributed by atoms with Crippen LogP contribution in [0, 0.1) is 0 Å². The van der Waals surface area contributed by atoms with Gasteiger partial charge in [0.2, 0.25) is 5.91 Å². The van der Waals surface area contributed by atoms with Crippen LogP contribution in [0.1, 0.15) is 32.1 Å². The Kier molecular flexibility index (Phi) is 4.61. The molecule has 2 saturated heterocycles. The second-order valence-electron chi connectivity index (χ2n) is 7.24. The SMILES string of the molecule is O=C(Cn1c(=O)[nH]c2ccccc21)N1CCC(N2CCCCC2)CC1. The zero-order valence-electron chi connectivity index (χ0n) is 14.6. The number of nitrogens with one attached hydrogen (secondary N) is 1. The molecule has 4 rings (SSSR count). The van der Waals surface area contributed by atoms with E-state index in [1.165, 1.54) is 32.4 Å². The summed E-state index contributed by atoms with van der Waals surface area (Å²) in [6.45, 7) is 4.15. The van der Waals surface area contributed by atoms with Crippen molar-refractivity contribution in [3.8, 4) is 0 Å². The van der Waals surface area contributed by atoms with Gasteiger partial charge in [0.1, 0.15) is 6.54 Å². The lowest BCUT2D eigenvalue weighted by Gasteiger charge is -2.40. The Labute approximate surface area is 147 Å². The minimum absolute atomic E-state index is 0.0453. The Morgan fingerprint density at radius 2 is 1.76 bits per heavy atom. The first-order chi connectivity index (χ1) is 12.2. The summed E-state index contributed by atoms with van der Waals surface area (Å²) in [5.74, 6) is 0.0453. The van der Waals surface area contributed by atoms with Crippen molar-refractivity contribution in [2.45, 2.75) is 44.7 Å². The van der Waals surface area contributed by atoms with E-state index < -0.39 is 0 Å². The van der Waals surface area contributed by atoms with E-state index >= 15 is 0 Å². The molecule has 3 heterocycles. The topological polar surface area (TPSA) is 61.3 Å². The molecule has 2 aliphatic heterocycles. The smallest absolute Gasteiger partial charge is 0.326 e. The van der Waals surface area contributed by atoms with Crippen molar-refractivity contribution in [3.63, 3.8) is 0 Å². The van der Waals surface area contributed by atoms with Gasteiger partial charge < -0.3 is 14.8 Å². The van der Waals surface area contributed by atoms with E-state index in [9.17, 15) is 9.59 Å². The summed E-state index contributed by atoms with van der Waals surface area (Å²) in [5, 5.41) is 0. The van der Waals surface area contributed by atoms with Crippen LogP contribution >= 0.6 is 0 Å². The molecular weight excluding hydrogens is 316 g/mol. The number of H-pyrrole nitrogens is 1. The number of piperidine rings is 2. The molecular formula is C19H26N4O2. The summed E-state index contributed by atoms with van der Waals surface area (Å²) in [5.41, 5.74) is 1.37. The van der Waals surface area contributed by atoms with E-state index in [1.807, 2.05) is 29.2 Å². The van der Waals surface area contributed by atoms with E-state index in [0.717, 1.165) is 37.0 Å². The number of fused-ring (bicyclic) bond motifs is 1. The number of para-hydroxylation sites is 2. The highest BCUT2D eigenvalue weighted by Gasteiger charge is 2.27. The third-order valence-corrected chi connectivity index (χ3v) is 5.70. The summed E-state index contributed by atoms with van der Waals surface area (Å²) in [7, 11) is 0. The van der Waals surface area contributed by atoms with Crippen LogP contribution in [0.5, 0.6) is 0 Å². The molecule has 2 aromatic rings. The molecule has 0 aliphatic carbocycles. The average molecular weight is 342 g/mol. The van der Waals surface area contributed by atoms with Crippen molar-refractivity contribution in [1.29, 1.82) is 0 Å². The number of likely N-dealkylation sites (tertiary alicyclic amines) is 2. The third kappa shape index (κ3) is 3.35. The lowest BCUT2D eigenvalue weighted by Crippen LogP contribution is -2.49. The predicted octanol–water partition coefficient (Wildman–Crippen LogP) is 1.81. The number of imidazole rings is 1. The monoisotopic (exact) mass is 342 g/mol. The highest BCUT2D eigenvalue weighted by Crippen LogP contribution is 2.21. The summed E-state index contributed by atoms with van der Waals surface area (Å²) in [4.78, 5) is 32.2. The van der Waals surface area contributed by atoms with Crippen molar-refractivity contribution in [1.82, 2.24) is 19.4 Å². The lowest BCUT2D eigenvalue weighted by molar-refractivity contribution is -0.133. The first-order valence-corrected chi connectivity index (χ1v) is 9.42. The van der Waals surface area contributed by atoms with E-state index in [4.69, 9.17) is 0 Å². The van der Waals surface area contributed by atoms with Gasteiger partial charge in [0.15, 0.2) is 0 Å². The third-order valence-electron chi connectivity index (χ3n) is 5.70. The number of rotatable bonds is 3. The van der Waals surface area contributed by atoms with E-state index in [2.05, 4.69) is 9.88 Å². The summed E-state index contributed by atoms with van der Waals surface area (Å²) >= 11 is 0. The molecule has 6 nitrogen and oxygen atoms in total. The summed E-state index contributed by atoms with van der Waals surface area (Å²) in [6.07, 6.45) is 6.07. The number of amides is 1. The Balaban J connectivity index is 1.39. The van der Waals surface area contributed by atoms with E-state index in [0.29, 0.717) is 6.04 Å². The molecule has 0 atom stereocenters. The molecule has 1 amide bonds. The molecule has 1 aromatic heterocycles. The molecule has 1 N–H and O–H groups in total. The van der Waals surface area contributed by atoms with Crippen LogP contribution in [0.3, 0.4) is 0 Å². The number of hydrogen-bond donors (Lipinski definition) is 1. The van der Waals surface area contributed by atoms with Crippen molar-refractivity contribution >= 4 is 16.9 Å². The maximum Gasteiger partial charge on any atom is 0.326 e. The van der Waals surface area contributed by atoms with Gasteiger partial charge in [0, 0.05) is 19.1 Å². The minimum Gasteiger partial charge on any atom is -0.341 e. The van der Waals surface area contributed by atoms with E-state index in [1.54, 1.807) is 4.57 Å². The number of aromatic amines is 1. The molecule has 0 saturated carbocycles. The number of benzene rings is 1. The Morgan fingerprint density at radius 1 is 1.04 bits per heavy atom. The highest BCUT2D eigenvalue weighted by atomic mass is 16.2. The largest absolute Gasteiger partial charge is 0.341 e. The van der Waals surface area contributed by atoms with Gasteiger partial charge in [0.25, 0.3) is 0 Å². The molecule has 134 valence electrons. The molecule has 1 aromatic carbocycles. The Hall–Kier alpha value is -2.08. The van der Waals surface area contributed by atoms with Crippen LogP contribution in [0.25, 0.3) is 11.0 Å². The number of carbonyl (C=O) groups is 1. The van der Waals surface area contributed by atoms with Crippen molar-refractivity contribution in [2.75, 3.05) is 26.2 Å². The lowest BCUT2D eigenvalue weighted by atomic mass is 10.00. The van der Waals surface area contributed by atoms with Gasteiger partial charge in [-0.2, -0.15) is 0 Å². The fourth-order valence-electron chi connectivity index (χ4n) is 4.26. The van der Waals surface area contributed by atoms with E-state index in [-0.39, 0.29) is 18.1 Å². The zero-order valence-corrected chi connectivity index (χ0v) is 14.6. The Morgan fingerprint density at radius 3 is 2.52 bits per heavy atom. The number of carbonyl (C=O) groups excluding carboxylic acids is 1. The fourth-order valence-corrected chi connectivity index (χ4v) is 4.26. The number of nitrogens with zero attached hydrogens (tertiary/aromatic N) is 3. The average Bonchev–Trinajstić information content (AvgIpc) is 2.98. The minimum atomic E-state index is -0.210. The Bertz CT molecular complexity index is 795. The molecule has 0 unspecified atom stereocenters. The molecule has 25 heavy (non-hydrogen) atoms. The second kappa shape index (κ2) is 7.04. The second-order valence-corrected chi connectivity index (χ2v) is 7.24. The number of aromatic nitrogens is 2. The molecule has 0 spiro atoms. The van der Waals surface area contributed by atoms with Crippen LogP contribution in [0.15, 0.2) is 29.1 Å². The van der Waals surface area contributed by atoms with Gasteiger partial charge >= 0.3 is 5.69 Å². The highest BCUT2D eigenvalue weighted by molar-refractivity contribution is 5.80. The summed E-state index contributed by atoms with van der Waals surface area (Å²) < 4.78 is 1.55. The predicted molar refractivity (Wildman–Crippen MR) is 97.6 cm³/mol. The van der Waals surface area contributed by atoms with Crippen molar-refractivity contribution in [3.05, 3.63) is 34.7 Å². The van der Waals surface area contributed by atoms with Crippen LogP contribution in [-0.2, 0) is 11.3 Å². The maximum absolute atomic E-state index is 12.7. The van der Waals surface area contributed by atoms with Crippen LogP contribution in [0.2, 0.25) is 0 Å². The normalized spacial score (nSPS) is 20.2. The van der Waals surface area contributed by atoms with Gasteiger partial charge in [-0.15, -0.1) is 0 Å². The van der Waals surface area contributed by atoms with Crippen molar-refractivity contribution in [2.24, 2.45) is 0 Å². The van der Waals surface area contributed by atoms with Crippen LogP contribution in [-0.4, -0.2) is 57.5 Å². The van der Waals surface area contributed by atoms with Gasteiger partial charge in [-0.1, -0.05) is 18.6 Å². The molecule has 2 aliphatic rings. The van der Waals surface area contributed by atoms with Gasteiger partial charge in [-0.25, -0.2) is 4.79 Å². The standard InChI is InChI=1S/C19H26N4O2/c24-18(14-23-17-7-3-2-6-16(17)20-19(23)25)22-12-8-15(9-13-22)21-10-4-1-5-11-21/h2-3,6-7,15H,1,4-5,8-14H2,(H,20,25). The quantitative estimate of drug-likeness (QED) is 0.925. The molecule has 6 heteroatoms. The number of hydrogen-bond acceptors (Lipinski definition) is 3. The van der Waals surface area contributed by atoms with Crippen LogP contribution in [0.4, 0.5) is 0 Å². The van der Waals surface area contributed by atoms with Crippen molar-refractivity contribution < 1.29 is 4.79 Å². The van der Waals surface area contributed by atoms with Crippen LogP contribution < -0.4 is 5.69 Å². The molecule has 0 bridgehead atoms.